The van der Waals surface area contributed by atoms with Crippen LogP contribution in [0.3, 0.4) is 0 Å². The first kappa shape index (κ1) is 17.2. The van der Waals surface area contributed by atoms with Gasteiger partial charge in [0.1, 0.15) is 0 Å². The third-order valence-corrected chi connectivity index (χ3v) is 7.21. The number of aryl methyl sites for hydroxylation is 2. The predicted octanol–water partition coefficient (Wildman–Crippen LogP) is 1.50. The lowest BCUT2D eigenvalue weighted by molar-refractivity contribution is 0.0768. The zero-order valence-corrected chi connectivity index (χ0v) is 14.9. The maximum absolute atomic E-state index is 12.2. The van der Waals surface area contributed by atoms with Crippen LogP contribution in [-0.2, 0) is 27.4 Å². The number of sulfone groups is 1. The van der Waals surface area contributed by atoms with Gasteiger partial charge >= 0.3 is 0 Å². The summed E-state index contributed by atoms with van der Waals surface area (Å²) in [7, 11) is -3.23. The average Bonchev–Trinajstić information content (AvgIpc) is 3.00. The Hall–Kier alpha value is -1.60. The molecule has 3 N–H and O–H groups in total. The van der Waals surface area contributed by atoms with Crippen LogP contribution in [0.1, 0.15) is 30.4 Å². The Morgan fingerprint density at radius 3 is 2.71 bits per heavy atom. The summed E-state index contributed by atoms with van der Waals surface area (Å²) in [5, 5.41) is 3.08. The number of anilines is 1. The fraction of sp³-hybridized carbons (Fsp3) is 0.588. The minimum atomic E-state index is -3.23. The molecule has 1 aromatic rings. The molecule has 0 saturated carbocycles. The highest BCUT2D eigenvalue weighted by molar-refractivity contribution is 7.92. The van der Waals surface area contributed by atoms with Crippen molar-refractivity contribution in [3.05, 3.63) is 29.3 Å². The van der Waals surface area contributed by atoms with E-state index in [0.29, 0.717) is 26.1 Å². The zero-order valence-electron chi connectivity index (χ0n) is 14.0. The number of guanidine groups is 1. The average molecular weight is 351 g/mol. The van der Waals surface area contributed by atoms with E-state index in [1.54, 1.807) is 0 Å². The second-order valence-electron chi connectivity index (χ2n) is 6.73. The van der Waals surface area contributed by atoms with Crippen molar-refractivity contribution in [2.24, 2.45) is 10.7 Å². The van der Waals surface area contributed by atoms with E-state index in [-0.39, 0.29) is 12.5 Å². The van der Waals surface area contributed by atoms with Crippen LogP contribution in [-0.4, -0.2) is 45.1 Å². The van der Waals surface area contributed by atoms with Crippen molar-refractivity contribution in [1.29, 1.82) is 0 Å². The van der Waals surface area contributed by atoms with Crippen molar-refractivity contribution in [1.82, 2.24) is 0 Å². The van der Waals surface area contributed by atoms with Gasteiger partial charge in [0.25, 0.3) is 0 Å². The summed E-state index contributed by atoms with van der Waals surface area (Å²) in [6.45, 7) is 1.06. The standard InChI is InChI=1S/C17H25N3O3S/c1-24(21,22)17(7-9-23-10-8-17)12-19-16(18)20-15-6-5-13-3-2-4-14(13)11-15/h5-6,11H,2-4,7-10,12H2,1H3,(H3,18,19,20). The van der Waals surface area contributed by atoms with Crippen molar-refractivity contribution in [2.75, 3.05) is 31.3 Å². The molecule has 0 atom stereocenters. The van der Waals surface area contributed by atoms with Gasteiger partial charge < -0.3 is 15.8 Å². The number of nitrogens with one attached hydrogen (secondary N) is 1. The molecule has 0 unspecified atom stereocenters. The molecule has 0 aromatic heterocycles. The van der Waals surface area contributed by atoms with Crippen molar-refractivity contribution >= 4 is 21.5 Å². The third-order valence-electron chi connectivity index (χ3n) is 5.10. The van der Waals surface area contributed by atoms with Crippen molar-refractivity contribution in [3.63, 3.8) is 0 Å². The number of nitrogens with zero attached hydrogens (tertiary/aromatic N) is 1. The Labute approximate surface area is 143 Å². The monoisotopic (exact) mass is 351 g/mol. The molecule has 1 saturated heterocycles. The second kappa shape index (κ2) is 6.72. The quantitative estimate of drug-likeness (QED) is 0.633. The van der Waals surface area contributed by atoms with E-state index < -0.39 is 14.6 Å². The summed E-state index contributed by atoms with van der Waals surface area (Å²) >= 11 is 0. The van der Waals surface area contributed by atoms with Gasteiger partial charge in [-0.1, -0.05) is 6.07 Å². The SMILES string of the molecule is CS(=O)(=O)C1(CN=C(N)Nc2ccc3c(c2)CCC3)CCOCC1. The zero-order chi connectivity index (χ0) is 17.2. The Balaban J connectivity index is 1.71. The summed E-state index contributed by atoms with van der Waals surface area (Å²) in [6.07, 6.45) is 5.62. The molecular weight excluding hydrogens is 326 g/mol. The molecular formula is C17H25N3O3S. The Kier molecular flexibility index (Phi) is 4.83. The van der Waals surface area contributed by atoms with Gasteiger partial charge in [-0.15, -0.1) is 0 Å². The molecule has 0 radical (unpaired) electrons. The Morgan fingerprint density at radius 1 is 1.29 bits per heavy atom. The molecule has 1 heterocycles. The molecule has 3 rings (SSSR count). The molecule has 0 amide bonds. The number of benzene rings is 1. The van der Waals surface area contributed by atoms with Crippen LogP contribution in [0.4, 0.5) is 5.69 Å². The number of nitrogens with two attached hydrogens (primary N) is 1. The van der Waals surface area contributed by atoms with Gasteiger partial charge in [0.15, 0.2) is 15.8 Å². The summed E-state index contributed by atoms with van der Waals surface area (Å²) in [5.41, 5.74) is 9.63. The minimum Gasteiger partial charge on any atom is -0.381 e. The topological polar surface area (TPSA) is 93.8 Å². The number of ether oxygens (including phenoxy) is 1. The lowest BCUT2D eigenvalue weighted by Crippen LogP contribution is -2.46. The molecule has 1 aliphatic carbocycles. The maximum Gasteiger partial charge on any atom is 0.193 e. The van der Waals surface area contributed by atoms with E-state index in [4.69, 9.17) is 10.5 Å². The molecule has 132 valence electrons. The largest absolute Gasteiger partial charge is 0.381 e. The highest BCUT2D eigenvalue weighted by atomic mass is 32.2. The number of hydrogen-bond acceptors (Lipinski definition) is 4. The van der Waals surface area contributed by atoms with Crippen LogP contribution in [0.15, 0.2) is 23.2 Å². The Morgan fingerprint density at radius 2 is 2.00 bits per heavy atom. The lowest BCUT2D eigenvalue weighted by Gasteiger charge is -2.34. The first-order chi connectivity index (χ1) is 11.4. The van der Waals surface area contributed by atoms with Gasteiger partial charge in [0, 0.05) is 25.2 Å². The first-order valence-electron chi connectivity index (χ1n) is 8.36. The molecule has 1 aliphatic heterocycles. The van der Waals surface area contributed by atoms with E-state index in [1.807, 2.05) is 6.07 Å². The van der Waals surface area contributed by atoms with Gasteiger partial charge in [-0.05, 0) is 55.4 Å². The second-order valence-corrected chi connectivity index (χ2v) is 9.14. The number of fused-ring (bicyclic) bond motifs is 1. The molecule has 0 bridgehead atoms. The molecule has 0 spiro atoms. The van der Waals surface area contributed by atoms with Crippen LogP contribution in [0.2, 0.25) is 0 Å². The molecule has 1 fully saturated rings. The number of aliphatic imine (C=N–C) groups is 1. The van der Waals surface area contributed by atoms with Gasteiger partial charge in [-0.2, -0.15) is 0 Å². The summed E-state index contributed by atoms with van der Waals surface area (Å²) in [5.74, 6) is 0.252. The number of hydrogen-bond donors (Lipinski definition) is 2. The molecule has 7 heteroatoms. The van der Waals surface area contributed by atoms with Gasteiger partial charge in [0.05, 0.1) is 11.3 Å². The number of rotatable bonds is 4. The molecule has 6 nitrogen and oxygen atoms in total. The van der Waals surface area contributed by atoms with E-state index >= 15 is 0 Å². The summed E-state index contributed by atoms with van der Waals surface area (Å²) < 4.78 is 28.9. The van der Waals surface area contributed by atoms with E-state index in [9.17, 15) is 8.42 Å². The summed E-state index contributed by atoms with van der Waals surface area (Å²) in [4.78, 5) is 4.32. The smallest absolute Gasteiger partial charge is 0.193 e. The van der Waals surface area contributed by atoms with Crippen molar-refractivity contribution < 1.29 is 13.2 Å². The molecule has 24 heavy (non-hydrogen) atoms. The Bertz CT molecular complexity index is 737. The van der Waals surface area contributed by atoms with Crippen molar-refractivity contribution in [3.8, 4) is 0 Å². The third kappa shape index (κ3) is 3.57. The normalized spacial score (nSPS) is 20.6. The fourth-order valence-corrected chi connectivity index (χ4v) is 4.66. The van der Waals surface area contributed by atoms with Gasteiger partial charge in [-0.3, -0.25) is 4.99 Å². The fourth-order valence-electron chi connectivity index (χ4n) is 3.46. The predicted molar refractivity (Wildman–Crippen MR) is 96.2 cm³/mol. The summed E-state index contributed by atoms with van der Waals surface area (Å²) in [6, 6.07) is 6.22. The lowest BCUT2D eigenvalue weighted by atomic mass is 9.99. The van der Waals surface area contributed by atoms with Crippen LogP contribution in [0.25, 0.3) is 0 Å². The molecule has 2 aliphatic rings. The highest BCUT2D eigenvalue weighted by Gasteiger charge is 2.42. The first-order valence-corrected chi connectivity index (χ1v) is 10.2. The van der Waals surface area contributed by atoms with Crippen LogP contribution in [0, 0.1) is 0 Å². The van der Waals surface area contributed by atoms with Crippen LogP contribution >= 0.6 is 0 Å². The van der Waals surface area contributed by atoms with Gasteiger partial charge in [0.2, 0.25) is 0 Å². The van der Waals surface area contributed by atoms with E-state index in [1.165, 1.54) is 23.8 Å². The van der Waals surface area contributed by atoms with E-state index in [0.717, 1.165) is 18.5 Å². The maximum atomic E-state index is 12.2. The van der Waals surface area contributed by atoms with Gasteiger partial charge in [-0.25, -0.2) is 8.42 Å². The highest BCUT2D eigenvalue weighted by Crippen LogP contribution is 2.30. The van der Waals surface area contributed by atoms with Crippen LogP contribution < -0.4 is 11.1 Å². The van der Waals surface area contributed by atoms with E-state index in [2.05, 4.69) is 22.4 Å². The molecule has 1 aromatic carbocycles. The van der Waals surface area contributed by atoms with Crippen LogP contribution in [0.5, 0.6) is 0 Å². The minimum absolute atomic E-state index is 0.166. The van der Waals surface area contributed by atoms with Crippen molar-refractivity contribution in [2.45, 2.75) is 36.9 Å².